The summed E-state index contributed by atoms with van der Waals surface area (Å²) in [5.74, 6) is -2.34. The Morgan fingerprint density at radius 1 is 0.975 bits per heavy atom. The van der Waals surface area contributed by atoms with Gasteiger partial charge >= 0.3 is 12.3 Å². The first-order valence-corrected chi connectivity index (χ1v) is 13.7. The normalized spacial score (nSPS) is 20.5. The molecule has 3 aliphatic rings. The van der Waals surface area contributed by atoms with Gasteiger partial charge in [0.2, 0.25) is 0 Å². The molecule has 40 heavy (non-hydrogen) atoms. The largest absolute Gasteiger partial charge is 0.573 e. The van der Waals surface area contributed by atoms with Crippen LogP contribution in [0.15, 0.2) is 30.3 Å². The van der Waals surface area contributed by atoms with Gasteiger partial charge in [0.25, 0.3) is 5.91 Å². The standard InChI is InChI=1S/C28H29ClF4N2O5/c29-18-11-20(13-21(12-18)40-28(31,32)33)39-19-5-8-34(9-6-19)15-17-10-24(30)23(14-22(17)16-3-4-16)26(36)35-7-1-2-25(35)27(37)38/h10-14,16,19,25H,1-9,15H2,(H,37,38)/t25-/m0/s1. The molecule has 2 heterocycles. The smallest absolute Gasteiger partial charge is 0.490 e. The Morgan fingerprint density at radius 2 is 1.68 bits per heavy atom. The minimum Gasteiger partial charge on any atom is -0.490 e. The fourth-order valence-electron chi connectivity index (χ4n) is 5.54. The summed E-state index contributed by atoms with van der Waals surface area (Å²) in [6.45, 7) is 2.01. The fraction of sp³-hybridized carbons (Fsp3) is 0.500. The molecule has 5 rings (SSSR count). The van der Waals surface area contributed by atoms with Crippen LogP contribution in [0.2, 0.25) is 5.02 Å². The number of hydrogen-bond acceptors (Lipinski definition) is 5. The van der Waals surface area contributed by atoms with Crippen LogP contribution in [0.25, 0.3) is 0 Å². The Bertz CT molecular complexity index is 1280. The van der Waals surface area contributed by atoms with Gasteiger partial charge in [-0.2, -0.15) is 0 Å². The zero-order valence-electron chi connectivity index (χ0n) is 21.6. The van der Waals surface area contributed by atoms with Crippen LogP contribution in [0.4, 0.5) is 17.6 Å². The highest BCUT2D eigenvalue weighted by atomic mass is 35.5. The summed E-state index contributed by atoms with van der Waals surface area (Å²) < 4.78 is 62.9. The third kappa shape index (κ3) is 6.80. The summed E-state index contributed by atoms with van der Waals surface area (Å²) in [4.78, 5) is 28.0. The second kappa shape index (κ2) is 11.4. The molecule has 2 aromatic carbocycles. The zero-order chi connectivity index (χ0) is 28.6. The van der Waals surface area contributed by atoms with Crippen molar-refractivity contribution in [3.8, 4) is 11.5 Å². The van der Waals surface area contributed by atoms with Crippen molar-refractivity contribution < 1.29 is 41.7 Å². The van der Waals surface area contributed by atoms with Gasteiger partial charge in [-0.15, -0.1) is 13.2 Å². The van der Waals surface area contributed by atoms with Gasteiger partial charge in [-0.25, -0.2) is 9.18 Å². The number of carboxylic acids is 1. The van der Waals surface area contributed by atoms with Crippen molar-refractivity contribution in [3.63, 3.8) is 0 Å². The quantitative estimate of drug-likeness (QED) is 0.384. The van der Waals surface area contributed by atoms with E-state index in [2.05, 4.69) is 9.64 Å². The van der Waals surface area contributed by atoms with E-state index in [0.717, 1.165) is 36.1 Å². The second-order valence-corrected chi connectivity index (χ2v) is 11.0. The minimum absolute atomic E-state index is 0.0639. The van der Waals surface area contributed by atoms with Crippen LogP contribution >= 0.6 is 11.6 Å². The molecule has 1 aliphatic carbocycles. The third-order valence-electron chi connectivity index (χ3n) is 7.58. The number of carboxylic acid groups (broad SMARTS) is 1. The lowest BCUT2D eigenvalue weighted by Gasteiger charge is -2.33. The van der Waals surface area contributed by atoms with E-state index in [9.17, 15) is 27.9 Å². The molecular formula is C28H29ClF4N2O5. The molecule has 216 valence electrons. The van der Waals surface area contributed by atoms with Gasteiger partial charge in [-0.1, -0.05) is 11.6 Å². The Labute approximate surface area is 233 Å². The number of hydrogen-bond donors (Lipinski definition) is 1. The number of piperidine rings is 1. The first-order valence-electron chi connectivity index (χ1n) is 13.3. The fourth-order valence-corrected chi connectivity index (χ4v) is 5.76. The van der Waals surface area contributed by atoms with Crippen LogP contribution in [0.1, 0.15) is 65.9 Å². The third-order valence-corrected chi connectivity index (χ3v) is 7.80. The van der Waals surface area contributed by atoms with E-state index in [1.165, 1.54) is 17.0 Å². The average molecular weight is 585 g/mol. The zero-order valence-corrected chi connectivity index (χ0v) is 22.3. The summed E-state index contributed by atoms with van der Waals surface area (Å²) in [6.07, 6.45) is -1.06. The van der Waals surface area contributed by atoms with Crippen LogP contribution < -0.4 is 9.47 Å². The number of ether oxygens (including phenoxy) is 2. The van der Waals surface area contributed by atoms with E-state index in [1.807, 2.05) is 0 Å². The second-order valence-electron chi connectivity index (χ2n) is 10.6. The number of amides is 1. The number of rotatable bonds is 8. The number of alkyl halides is 3. The van der Waals surface area contributed by atoms with Crippen LogP contribution in [0.5, 0.6) is 11.5 Å². The maximum absolute atomic E-state index is 15.2. The Morgan fingerprint density at radius 3 is 2.33 bits per heavy atom. The molecule has 1 amide bonds. The summed E-state index contributed by atoms with van der Waals surface area (Å²) >= 11 is 5.94. The molecule has 0 bridgehead atoms. The maximum Gasteiger partial charge on any atom is 0.573 e. The van der Waals surface area contributed by atoms with Gasteiger partial charge in [0.15, 0.2) is 0 Å². The van der Waals surface area contributed by atoms with Gasteiger partial charge in [0.05, 0.1) is 5.56 Å². The summed E-state index contributed by atoms with van der Waals surface area (Å²) in [7, 11) is 0. The number of carbonyl (C=O) groups is 2. The number of nitrogens with zero attached hydrogens (tertiary/aromatic N) is 2. The molecular weight excluding hydrogens is 556 g/mol. The number of halogens is 5. The van der Waals surface area contributed by atoms with Crippen LogP contribution in [0.3, 0.4) is 0 Å². The lowest BCUT2D eigenvalue weighted by molar-refractivity contribution is -0.274. The molecule has 2 saturated heterocycles. The van der Waals surface area contributed by atoms with Gasteiger partial charge in [0.1, 0.15) is 29.5 Å². The number of likely N-dealkylation sites (tertiary alicyclic amines) is 2. The van der Waals surface area contributed by atoms with Crippen molar-refractivity contribution >= 4 is 23.5 Å². The minimum atomic E-state index is -4.84. The van der Waals surface area contributed by atoms with Gasteiger partial charge in [-0.3, -0.25) is 9.69 Å². The highest BCUT2D eigenvalue weighted by molar-refractivity contribution is 6.30. The molecule has 2 aliphatic heterocycles. The molecule has 1 saturated carbocycles. The molecule has 0 spiro atoms. The van der Waals surface area contributed by atoms with Crippen molar-refractivity contribution in [2.75, 3.05) is 19.6 Å². The highest BCUT2D eigenvalue weighted by Crippen LogP contribution is 2.43. The van der Waals surface area contributed by atoms with Gasteiger partial charge < -0.3 is 19.5 Å². The topological polar surface area (TPSA) is 79.3 Å². The van der Waals surface area contributed by atoms with E-state index in [1.54, 1.807) is 6.07 Å². The summed E-state index contributed by atoms with van der Waals surface area (Å²) in [5.41, 5.74) is 1.64. The van der Waals surface area contributed by atoms with Crippen LogP contribution in [0, 0.1) is 5.82 Å². The summed E-state index contributed by atoms with van der Waals surface area (Å²) in [6, 6.07) is 5.73. The highest BCUT2D eigenvalue weighted by Gasteiger charge is 2.37. The molecule has 12 heteroatoms. The van der Waals surface area contributed by atoms with E-state index in [0.29, 0.717) is 51.9 Å². The Hall–Kier alpha value is -3.05. The van der Waals surface area contributed by atoms with Crippen molar-refractivity contribution in [2.24, 2.45) is 0 Å². The number of benzene rings is 2. The SMILES string of the molecule is O=C(O)[C@@H]1CCCN1C(=O)c1cc(C2CC2)c(CN2CCC(Oc3cc(Cl)cc(OC(F)(F)F)c3)CC2)cc1F. The lowest BCUT2D eigenvalue weighted by Crippen LogP contribution is -2.41. The van der Waals surface area contributed by atoms with E-state index >= 15 is 4.39 Å². The molecule has 1 atom stereocenters. The lowest BCUT2D eigenvalue weighted by atomic mass is 9.97. The first-order chi connectivity index (χ1) is 19.0. The summed E-state index contributed by atoms with van der Waals surface area (Å²) in [5, 5.41) is 9.50. The average Bonchev–Trinajstić information content (AvgIpc) is 3.58. The van der Waals surface area contributed by atoms with Crippen LogP contribution in [-0.4, -0.2) is 64.9 Å². The molecule has 1 N–H and O–H groups in total. The molecule has 0 aromatic heterocycles. The molecule has 7 nitrogen and oxygen atoms in total. The molecule has 3 fully saturated rings. The van der Waals surface area contributed by atoms with E-state index in [-0.39, 0.29) is 28.4 Å². The predicted molar refractivity (Wildman–Crippen MR) is 137 cm³/mol. The van der Waals surface area contributed by atoms with Gasteiger partial charge in [-0.05, 0) is 79.8 Å². The monoisotopic (exact) mass is 584 g/mol. The Kier molecular flexibility index (Phi) is 8.15. The Balaban J connectivity index is 1.23. The first kappa shape index (κ1) is 28.5. The predicted octanol–water partition coefficient (Wildman–Crippen LogP) is 5.99. The van der Waals surface area contributed by atoms with E-state index < -0.39 is 35.8 Å². The van der Waals surface area contributed by atoms with Gasteiger partial charge in [0, 0.05) is 37.3 Å². The maximum atomic E-state index is 15.2. The van der Waals surface area contributed by atoms with E-state index in [4.69, 9.17) is 16.3 Å². The number of carbonyl (C=O) groups excluding carboxylic acids is 1. The molecule has 0 unspecified atom stereocenters. The van der Waals surface area contributed by atoms with Crippen LogP contribution in [-0.2, 0) is 11.3 Å². The van der Waals surface area contributed by atoms with Crippen molar-refractivity contribution in [1.29, 1.82) is 0 Å². The molecule has 0 radical (unpaired) electrons. The van der Waals surface area contributed by atoms with Crippen molar-refractivity contribution in [2.45, 2.75) is 69.5 Å². The molecule has 2 aromatic rings. The number of aliphatic carboxylic acids is 1. The van der Waals surface area contributed by atoms with Crippen molar-refractivity contribution in [1.82, 2.24) is 9.80 Å². The van der Waals surface area contributed by atoms with Crippen molar-refractivity contribution in [3.05, 3.63) is 57.9 Å².